The summed E-state index contributed by atoms with van der Waals surface area (Å²) < 4.78 is 37.3. The molecule has 0 aromatic rings. The highest BCUT2D eigenvalue weighted by molar-refractivity contribution is 5.76. The lowest BCUT2D eigenvalue weighted by molar-refractivity contribution is -0.145. The van der Waals surface area contributed by atoms with Gasteiger partial charge in [0, 0.05) is 32.6 Å². The summed E-state index contributed by atoms with van der Waals surface area (Å²) in [5.41, 5.74) is 0. The van der Waals surface area contributed by atoms with Gasteiger partial charge in [0.15, 0.2) is 0 Å². The minimum absolute atomic E-state index is 0.120. The van der Waals surface area contributed by atoms with Gasteiger partial charge in [-0.2, -0.15) is 13.2 Å². The quantitative estimate of drug-likeness (QED) is 0.763. The Kier molecular flexibility index (Phi) is 7.18. The molecular formula is C17H29F3N2O. The van der Waals surface area contributed by atoms with Crippen LogP contribution in [0.15, 0.2) is 0 Å². The molecule has 0 radical (unpaired) electrons. The van der Waals surface area contributed by atoms with Crippen molar-refractivity contribution in [3.05, 3.63) is 0 Å². The molecule has 6 heteroatoms. The van der Waals surface area contributed by atoms with Crippen molar-refractivity contribution < 1.29 is 18.0 Å². The molecule has 0 unspecified atom stereocenters. The summed E-state index contributed by atoms with van der Waals surface area (Å²) in [6.07, 6.45) is 5.65. The maximum absolute atomic E-state index is 12.4. The van der Waals surface area contributed by atoms with Crippen molar-refractivity contribution in [1.82, 2.24) is 9.80 Å². The van der Waals surface area contributed by atoms with Crippen LogP contribution in [0.4, 0.5) is 13.2 Å². The van der Waals surface area contributed by atoms with Gasteiger partial charge in [-0.05, 0) is 25.2 Å². The topological polar surface area (TPSA) is 23.6 Å². The van der Waals surface area contributed by atoms with Crippen molar-refractivity contribution in [2.24, 2.45) is 5.92 Å². The molecule has 1 saturated heterocycles. The molecule has 1 aliphatic heterocycles. The van der Waals surface area contributed by atoms with Crippen LogP contribution in [-0.2, 0) is 4.79 Å². The second-order valence-corrected chi connectivity index (χ2v) is 7.02. The highest BCUT2D eigenvalue weighted by Gasteiger charge is 2.31. The Morgan fingerprint density at radius 2 is 1.70 bits per heavy atom. The van der Waals surface area contributed by atoms with Crippen LogP contribution in [-0.4, -0.2) is 54.6 Å². The molecule has 2 rings (SSSR count). The molecular weight excluding hydrogens is 305 g/mol. The predicted molar refractivity (Wildman–Crippen MR) is 84.1 cm³/mol. The molecule has 0 spiro atoms. The highest BCUT2D eigenvalue weighted by atomic mass is 19.4. The van der Waals surface area contributed by atoms with Crippen molar-refractivity contribution >= 4 is 5.91 Å². The fraction of sp³-hybridized carbons (Fsp3) is 0.941. The number of halogens is 3. The number of alkyl halides is 3. The van der Waals surface area contributed by atoms with Crippen LogP contribution in [0.1, 0.15) is 57.8 Å². The zero-order chi connectivity index (χ0) is 16.7. The standard InChI is InChI=1S/C17H29F3N2O/c18-17(19,20)14-21-10-5-11-22(13-12-21)16(23)9-4-8-15-6-2-1-3-7-15/h15H,1-14H2. The summed E-state index contributed by atoms with van der Waals surface area (Å²) in [6.45, 7) is 0.908. The second kappa shape index (κ2) is 8.90. The molecule has 0 aromatic carbocycles. The Hall–Kier alpha value is -0.780. The van der Waals surface area contributed by atoms with Gasteiger partial charge in [0.05, 0.1) is 6.54 Å². The minimum atomic E-state index is -4.15. The monoisotopic (exact) mass is 334 g/mol. The van der Waals surface area contributed by atoms with Gasteiger partial charge in [0.25, 0.3) is 0 Å². The zero-order valence-corrected chi connectivity index (χ0v) is 13.9. The van der Waals surface area contributed by atoms with E-state index < -0.39 is 12.7 Å². The van der Waals surface area contributed by atoms with Crippen LogP contribution in [0.5, 0.6) is 0 Å². The molecule has 2 fully saturated rings. The molecule has 23 heavy (non-hydrogen) atoms. The normalized spacial score (nSPS) is 22.1. The fourth-order valence-electron chi connectivity index (χ4n) is 3.81. The lowest BCUT2D eigenvalue weighted by Crippen LogP contribution is -2.38. The van der Waals surface area contributed by atoms with Gasteiger partial charge in [-0.1, -0.05) is 32.1 Å². The van der Waals surface area contributed by atoms with Gasteiger partial charge in [-0.3, -0.25) is 9.69 Å². The number of hydrogen-bond acceptors (Lipinski definition) is 2. The molecule has 0 atom stereocenters. The van der Waals surface area contributed by atoms with E-state index in [9.17, 15) is 18.0 Å². The Labute approximate surface area is 137 Å². The van der Waals surface area contributed by atoms with Crippen LogP contribution in [0.25, 0.3) is 0 Å². The molecule has 0 aromatic heterocycles. The Morgan fingerprint density at radius 3 is 2.39 bits per heavy atom. The first-order valence-corrected chi connectivity index (χ1v) is 9.01. The van der Waals surface area contributed by atoms with E-state index in [4.69, 9.17) is 0 Å². The van der Waals surface area contributed by atoms with Crippen molar-refractivity contribution in [2.75, 3.05) is 32.7 Å². The van der Waals surface area contributed by atoms with Crippen LogP contribution in [0, 0.1) is 5.92 Å². The maximum atomic E-state index is 12.4. The zero-order valence-electron chi connectivity index (χ0n) is 13.9. The first kappa shape index (κ1) is 18.6. The Balaban J connectivity index is 1.66. The summed E-state index contributed by atoms with van der Waals surface area (Å²) in [6, 6.07) is 0. The third kappa shape index (κ3) is 7.10. The van der Waals surface area contributed by atoms with E-state index in [0.29, 0.717) is 39.0 Å². The summed E-state index contributed by atoms with van der Waals surface area (Å²) in [4.78, 5) is 15.4. The lowest BCUT2D eigenvalue weighted by Gasteiger charge is -2.24. The highest BCUT2D eigenvalue weighted by Crippen LogP contribution is 2.27. The van der Waals surface area contributed by atoms with E-state index in [1.165, 1.54) is 37.0 Å². The van der Waals surface area contributed by atoms with Crippen LogP contribution < -0.4 is 0 Å². The first-order chi connectivity index (χ1) is 10.9. The predicted octanol–water partition coefficient (Wildman–Crippen LogP) is 3.83. The van der Waals surface area contributed by atoms with Crippen molar-refractivity contribution in [3.63, 3.8) is 0 Å². The molecule has 3 nitrogen and oxygen atoms in total. The average Bonchev–Trinajstić information content (AvgIpc) is 2.72. The molecule has 2 aliphatic rings. The lowest BCUT2D eigenvalue weighted by atomic mass is 9.86. The third-order valence-corrected chi connectivity index (χ3v) is 5.07. The van der Waals surface area contributed by atoms with E-state index in [1.54, 1.807) is 4.90 Å². The fourth-order valence-corrected chi connectivity index (χ4v) is 3.81. The largest absolute Gasteiger partial charge is 0.401 e. The SMILES string of the molecule is O=C(CCCC1CCCCC1)N1CCCN(CC(F)(F)F)CC1. The van der Waals surface area contributed by atoms with Crippen molar-refractivity contribution in [3.8, 4) is 0 Å². The smallest absolute Gasteiger partial charge is 0.341 e. The van der Waals surface area contributed by atoms with E-state index in [2.05, 4.69) is 0 Å². The number of carbonyl (C=O) groups excluding carboxylic acids is 1. The Bertz CT molecular complexity index is 367. The first-order valence-electron chi connectivity index (χ1n) is 9.01. The Morgan fingerprint density at radius 1 is 0.957 bits per heavy atom. The third-order valence-electron chi connectivity index (χ3n) is 5.07. The average molecular weight is 334 g/mol. The van der Waals surface area contributed by atoms with Crippen LogP contribution in [0.2, 0.25) is 0 Å². The van der Waals surface area contributed by atoms with E-state index in [1.807, 2.05) is 0 Å². The number of nitrogens with zero attached hydrogens (tertiary/aromatic N) is 2. The van der Waals surface area contributed by atoms with E-state index >= 15 is 0 Å². The molecule has 1 saturated carbocycles. The van der Waals surface area contributed by atoms with E-state index in [-0.39, 0.29) is 5.91 Å². The van der Waals surface area contributed by atoms with Crippen LogP contribution >= 0.6 is 0 Å². The summed E-state index contributed by atoms with van der Waals surface area (Å²) >= 11 is 0. The van der Waals surface area contributed by atoms with Crippen molar-refractivity contribution in [1.29, 1.82) is 0 Å². The number of rotatable bonds is 5. The van der Waals surface area contributed by atoms with Gasteiger partial charge in [0.1, 0.15) is 0 Å². The van der Waals surface area contributed by atoms with Gasteiger partial charge in [-0.15, -0.1) is 0 Å². The minimum Gasteiger partial charge on any atom is -0.341 e. The molecule has 1 amide bonds. The molecule has 134 valence electrons. The van der Waals surface area contributed by atoms with Crippen LogP contribution in [0.3, 0.4) is 0 Å². The summed E-state index contributed by atoms with van der Waals surface area (Å²) in [7, 11) is 0. The maximum Gasteiger partial charge on any atom is 0.401 e. The van der Waals surface area contributed by atoms with Gasteiger partial charge in [0.2, 0.25) is 5.91 Å². The second-order valence-electron chi connectivity index (χ2n) is 7.02. The number of amides is 1. The molecule has 1 heterocycles. The molecule has 0 N–H and O–H groups in total. The van der Waals surface area contributed by atoms with Gasteiger partial charge in [-0.25, -0.2) is 0 Å². The van der Waals surface area contributed by atoms with Crippen molar-refractivity contribution in [2.45, 2.75) is 64.0 Å². The number of carbonyl (C=O) groups is 1. The summed E-state index contributed by atoms with van der Waals surface area (Å²) in [5, 5.41) is 0. The van der Waals surface area contributed by atoms with Gasteiger partial charge >= 0.3 is 6.18 Å². The molecule has 1 aliphatic carbocycles. The van der Waals surface area contributed by atoms with Gasteiger partial charge < -0.3 is 4.90 Å². The number of hydrogen-bond donors (Lipinski definition) is 0. The van der Waals surface area contributed by atoms with E-state index in [0.717, 1.165) is 18.8 Å². The summed E-state index contributed by atoms with van der Waals surface area (Å²) in [5.74, 6) is 0.901. The molecule has 0 bridgehead atoms.